The normalized spacial score (nSPS) is 10.9. The molecule has 30 heavy (non-hydrogen) atoms. The Bertz CT molecular complexity index is 1250. The topological polar surface area (TPSA) is 76.9 Å². The van der Waals surface area contributed by atoms with Gasteiger partial charge in [-0.15, -0.1) is 0 Å². The molecule has 0 aliphatic heterocycles. The molecular formula is C22H21FN4O3. The van der Waals surface area contributed by atoms with Gasteiger partial charge >= 0.3 is 6.09 Å². The molecule has 154 valence electrons. The second-order valence-corrected chi connectivity index (χ2v) is 6.61. The molecule has 8 heteroatoms. The van der Waals surface area contributed by atoms with Crippen molar-refractivity contribution in [2.75, 3.05) is 31.4 Å². The summed E-state index contributed by atoms with van der Waals surface area (Å²) in [7, 11) is 2.80. The van der Waals surface area contributed by atoms with Crippen molar-refractivity contribution in [2.24, 2.45) is 0 Å². The van der Waals surface area contributed by atoms with Crippen LogP contribution in [0.15, 0.2) is 48.7 Å². The van der Waals surface area contributed by atoms with E-state index in [-0.39, 0.29) is 0 Å². The molecular weight excluding hydrogens is 387 g/mol. The number of benzene rings is 2. The maximum absolute atomic E-state index is 14.8. The molecule has 0 aliphatic rings. The van der Waals surface area contributed by atoms with Crippen molar-refractivity contribution < 1.29 is 18.7 Å². The number of methoxy groups -OCH3 is 2. The van der Waals surface area contributed by atoms with Gasteiger partial charge in [0.15, 0.2) is 0 Å². The van der Waals surface area contributed by atoms with E-state index in [1.165, 1.54) is 20.3 Å². The van der Waals surface area contributed by atoms with E-state index in [1.54, 1.807) is 18.2 Å². The van der Waals surface area contributed by atoms with Crippen LogP contribution in [0.1, 0.15) is 6.92 Å². The molecule has 4 rings (SSSR count). The SMILES string of the molecule is CCNc1c(-c2ccc(OC)cc2F)nc2c3cc(NC(=O)OC)ccc3ccn12. The molecule has 0 unspecified atom stereocenters. The molecule has 0 saturated carbocycles. The summed E-state index contributed by atoms with van der Waals surface area (Å²) in [6.45, 7) is 2.60. The van der Waals surface area contributed by atoms with Crippen molar-refractivity contribution in [3.05, 3.63) is 54.5 Å². The van der Waals surface area contributed by atoms with Gasteiger partial charge in [-0.05, 0) is 42.6 Å². The van der Waals surface area contributed by atoms with Gasteiger partial charge in [-0.25, -0.2) is 14.2 Å². The van der Waals surface area contributed by atoms with E-state index in [9.17, 15) is 9.18 Å². The Morgan fingerprint density at radius 1 is 1.17 bits per heavy atom. The zero-order valence-electron chi connectivity index (χ0n) is 16.8. The van der Waals surface area contributed by atoms with Gasteiger partial charge in [-0.3, -0.25) is 9.72 Å². The molecule has 0 fully saturated rings. The van der Waals surface area contributed by atoms with Crippen LogP contribution in [0.2, 0.25) is 0 Å². The fraction of sp³-hybridized carbons (Fsp3) is 0.182. The number of pyridine rings is 1. The second kappa shape index (κ2) is 7.90. The first-order valence-corrected chi connectivity index (χ1v) is 9.43. The van der Waals surface area contributed by atoms with Crippen LogP contribution in [-0.2, 0) is 4.74 Å². The van der Waals surface area contributed by atoms with Crippen LogP contribution in [0.3, 0.4) is 0 Å². The lowest BCUT2D eigenvalue weighted by atomic mass is 10.1. The van der Waals surface area contributed by atoms with Gasteiger partial charge in [-0.2, -0.15) is 0 Å². The maximum Gasteiger partial charge on any atom is 0.411 e. The number of nitrogens with zero attached hydrogens (tertiary/aromatic N) is 2. The van der Waals surface area contributed by atoms with Crippen molar-refractivity contribution >= 4 is 34.0 Å². The number of anilines is 2. The summed E-state index contributed by atoms with van der Waals surface area (Å²) in [5.41, 5.74) is 2.08. The van der Waals surface area contributed by atoms with Crippen LogP contribution in [-0.4, -0.2) is 36.2 Å². The summed E-state index contributed by atoms with van der Waals surface area (Å²) in [4.78, 5) is 16.3. The molecule has 0 radical (unpaired) electrons. The Morgan fingerprint density at radius 2 is 2.00 bits per heavy atom. The number of carbonyl (C=O) groups is 1. The lowest BCUT2D eigenvalue weighted by Crippen LogP contribution is -2.10. The van der Waals surface area contributed by atoms with Gasteiger partial charge in [0.25, 0.3) is 0 Å². The fourth-order valence-electron chi connectivity index (χ4n) is 3.40. The molecule has 1 amide bonds. The Morgan fingerprint density at radius 3 is 2.70 bits per heavy atom. The number of hydrogen-bond donors (Lipinski definition) is 2. The molecule has 2 aromatic heterocycles. The summed E-state index contributed by atoms with van der Waals surface area (Å²) in [6, 6.07) is 12.1. The number of ether oxygens (including phenoxy) is 2. The smallest absolute Gasteiger partial charge is 0.411 e. The highest BCUT2D eigenvalue weighted by molar-refractivity contribution is 6.00. The first kappa shape index (κ1) is 19.5. The average molecular weight is 408 g/mol. The van der Waals surface area contributed by atoms with Crippen LogP contribution >= 0.6 is 0 Å². The van der Waals surface area contributed by atoms with Crippen molar-refractivity contribution in [1.29, 1.82) is 0 Å². The van der Waals surface area contributed by atoms with Gasteiger partial charge in [0, 0.05) is 35.4 Å². The molecule has 0 atom stereocenters. The number of fused-ring (bicyclic) bond motifs is 3. The second-order valence-electron chi connectivity index (χ2n) is 6.61. The van der Waals surface area contributed by atoms with Gasteiger partial charge in [0.1, 0.15) is 28.7 Å². The van der Waals surface area contributed by atoms with E-state index in [4.69, 9.17) is 9.72 Å². The number of carbonyl (C=O) groups excluding carboxylic acids is 1. The summed E-state index contributed by atoms with van der Waals surface area (Å²) < 4.78 is 26.5. The number of amides is 1. The van der Waals surface area contributed by atoms with Crippen LogP contribution in [0.4, 0.5) is 20.7 Å². The summed E-state index contributed by atoms with van der Waals surface area (Å²) in [6.07, 6.45) is 1.33. The van der Waals surface area contributed by atoms with E-state index >= 15 is 0 Å². The molecule has 0 spiro atoms. The van der Waals surface area contributed by atoms with E-state index in [1.807, 2.05) is 35.7 Å². The number of halogens is 1. The molecule has 4 aromatic rings. The first-order chi connectivity index (χ1) is 14.5. The van der Waals surface area contributed by atoms with Crippen molar-refractivity contribution in [3.8, 4) is 17.0 Å². The molecule has 2 heterocycles. The fourth-order valence-corrected chi connectivity index (χ4v) is 3.40. The number of imidazole rings is 1. The molecule has 0 bridgehead atoms. The zero-order chi connectivity index (χ0) is 21.3. The highest BCUT2D eigenvalue weighted by Gasteiger charge is 2.19. The van der Waals surface area contributed by atoms with Crippen molar-refractivity contribution in [1.82, 2.24) is 9.38 Å². The predicted molar refractivity (Wildman–Crippen MR) is 115 cm³/mol. The van der Waals surface area contributed by atoms with Gasteiger partial charge in [0.2, 0.25) is 0 Å². The number of rotatable bonds is 5. The highest BCUT2D eigenvalue weighted by atomic mass is 19.1. The third kappa shape index (κ3) is 3.36. The minimum Gasteiger partial charge on any atom is -0.497 e. The van der Waals surface area contributed by atoms with E-state index in [2.05, 4.69) is 15.4 Å². The number of aromatic nitrogens is 2. The van der Waals surface area contributed by atoms with Crippen LogP contribution in [0.25, 0.3) is 27.7 Å². The number of nitrogens with one attached hydrogen (secondary N) is 2. The van der Waals surface area contributed by atoms with Crippen LogP contribution in [0, 0.1) is 5.82 Å². The summed E-state index contributed by atoms with van der Waals surface area (Å²) in [5, 5.41) is 7.70. The Hall–Kier alpha value is -3.81. The van der Waals surface area contributed by atoms with Gasteiger partial charge < -0.3 is 14.8 Å². The van der Waals surface area contributed by atoms with Crippen molar-refractivity contribution in [2.45, 2.75) is 6.92 Å². The molecule has 0 saturated heterocycles. The van der Waals surface area contributed by atoms with Crippen LogP contribution < -0.4 is 15.4 Å². The largest absolute Gasteiger partial charge is 0.497 e. The minimum atomic E-state index is -0.557. The Kier molecular flexibility index (Phi) is 5.14. The number of hydrogen-bond acceptors (Lipinski definition) is 5. The van der Waals surface area contributed by atoms with Gasteiger partial charge in [0.05, 0.1) is 14.2 Å². The molecule has 2 N–H and O–H groups in total. The Balaban J connectivity index is 1.95. The summed E-state index contributed by atoms with van der Waals surface area (Å²) >= 11 is 0. The lowest BCUT2D eigenvalue weighted by molar-refractivity contribution is 0.187. The summed E-state index contributed by atoms with van der Waals surface area (Å²) in [5.74, 6) is 0.702. The van der Waals surface area contributed by atoms with Crippen LogP contribution in [0.5, 0.6) is 5.75 Å². The third-order valence-corrected chi connectivity index (χ3v) is 4.82. The standard InChI is InChI=1S/C22H21FN4O3/c1-4-24-21-19(16-8-7-15(29-2)12-18(16)23)26-20-17-11-14(25-22(28)30-3)6-5-13(17)9-10-27(20)21/h5-12,24H,4H2,1-3H3,(H,25,28). The minimum absolute atomic E-state index is 0.368. The Labute approximate surface area is 172 Å². The maximum atomic E-state index is 14.8. The van der Waals surface area contributed by atoms with Gasteiger partial charge in [-0.1, -0.05) is 6.07 Å². The van der Waals surface area contributed by atoms with E-state index < -0.39 is 11.9 Å². The van der Waals surface area contributed by atoms with E-state index in [0.29, 0.717) is 40.7 Å². The van der Waals surface area contributed by atoms with Crippen molar-refractivity contribution in [3.63, 3.8) is 0 Å². The quantitative estimate of drug-likeness (QED) is 0.491. The lowest BCUT2D eigenvalue weighted by Gasteiger charge is -2.09. The zero-order valence-corrected chi connectivity index (χ0v) is 16.8. The first-order valence-electron chi connectivity index (χ1n) is 9.43. The molecule has 0 aliphatic carbocycles. The predicted octanol–water partition coefficient (Wildman–Crippen LogP) is 4.91. The van der Waals surface area contributed by atoms with E-state index in [0.717, 1.165) is 10.8 Å². The monoisotopic (exact) mass is 408 g/mol. The highest BCUT2D eigenvalue weighted by Crippen LogP contribution is 2.35. The molecule has 2 aromatic carbocycles. The average Bonchev–Trinajstić information content (AvgIpc) is 3.12. The third-order valence-electron chi connectivity index (χ3n) is 4.82. The molecule has 7 nitrogen and oxygen atoms in total.